The molecule has 2 aromatic rings. The summed E-state index contributed by atoms with van der Waals surface area (Å²) in [6, 6.07) is 13.0. The molecule has 0 N–H and O–H groups in total. The van der Waals surface area contributed by atoms with Gasteiger partial charge in [-0.3, -0.25) is 9.69 Å². The lowest BCUT2D eigenvalue weighted by atomic mass is 10.1. The molecule has 0 saturated carbocycles. The predicted octanol–water partition coefficient (Wildman–Crippen LogP) is 5.03. The van der Waals surface area contributed by atoms with E-state index >= 15 is 0 Å². The lowest BCUT2D eigenvalue weighted by Crippen LogP contribution is -2.27. The number of thiocarbonyl (C=S) groups is 1. The molecule has 0 atom stereocenters. The fourth-order valence-corrected chi connectivity index (χ4v) is 4.37. The number of halogens is 1. The van der Waals surface area contributed by atoms with Crippen LogP contribution in [-0.2, 0) is 4.79 Å². The van der Waals surface area contributed by atoms with Crippen LogP contribution in [0.25, 0.3) is 6.08 Å². The third kappa shape index (κ3) is 5.23. The maximum atomic E-state index is 12.4. The van der Waals surface area contributed by atoms with Gasteiger partial charge in [-0.05, 0) is 42.8 Å². The number of rotatable bonds is 8. The Labute approximate surface area is 184 Å². The average molecular weight is 450 g/mol. The largest absolute Gasteiger partial charge is 0.493 e. The number of carbonyl (C=O) groups is 1. The number of likely N-dealkylation sites (N-methyl/N-ethyl adjacent to an activating group) is 1. The van der Waals surface area contributed by atoms with Crippen molar-refractivity contribution in [2.75, 3.05) is 26.9 Å². The Balaban J connectivity index is 1.70. The molecule has 0 aliphatic carbocycles. The SMILES string of the molecule is CCN1C(=O)/C(=C/c2cc(Cl)c(OCCOc3ccccc3)c(OC)c2)SC1=S. The summed E-state index contributed by atoms with van der Waals surface area (Å²) < 4.78 is 17.4. The minimum Gasteiger partial charge on any atom is -0.493 e. The second-order valence-corrected chi connectivity index (χ2v) is 8.05. The lowest BCUT2D eigenvalue weighted by Gasteiger charge is -2.14. The van der Waals surface area contributed by atoms with Gasteiger partial charge in [0.2, 0.25) is 0 Å². The zero-order valence-electron chi connectivity index (χ0n) is 16.0. The van der Waals surface area contributed by atoms with E-state index in [1.807, 2.05) is 37.3 Å². The summed E-state index contributed by atoms with van der Waals surface area (Å²) in [5.41, 5.74) is 0.733. The average Bonchev–Trinajstić information content (AvgIpc) is 2.99. The van der Waals surface area contributed by atoms with E-state index in [9.17, 15) is 4.79 Å². The molecule has 1 aliphatic rings. The van der Waals surface area contributed by atoms with Gasteiger partial charge in [0.1, 0.15) is 23.3 Å². The fourth-order valence-electron chi connectivity index (χ4n) is 2.71. The zero-order chi connectivity index (χ0) is 20.8. The molecule has 0 bridgehead atoms. The number of thioether (sulfide) groups is 1. The van der Waals surface area contributed by atoms with Gasteiger partial charge < -0.3 is 14.2 Å². The molecule has 1 heterocycles. The van der Waals surface area contributed by atoms with Crippen LogP contribution in [0, 0.1) is 0 Å². The van der Waals surface area contributed by atoms with Crippen LogP contribution in [0.2, 0.25) is 5.02 Å². The molecule has 1 amide bonds. The summed E-state index contributed by atoms with van der Waals surface area (Å²) in [6.45, 7) is 3.11. The minimum atomic E-state index is -0.101. The van der Waals surface area contributed by atoms with Crippen molar-refractivity contribution in [3.63, 3.8) is 0 Å². The molecule has 8 heteroatoms. The number of methoxy groups -OCH3 is 1. The molecule has 5 nitrogen and oxygen atoms in total. The van der Waals surface area contributed by atoms with Crippen molar-refractivity contribution in [1.82, 2.24) is 4.90 Å². The first-order valence-electron chi connectivity index (χ1n) is 8.97. The van der Waals surface area contributed by atoms with E-state index < -0.39 is 0 Å². The molecule has 0 unspecified atom stereocenters. The maximum absolute atomic E-state index is 12.4. The van der Waals surface area contributed by atoms with Gasteiger partial charge in [0.05, 0.1) is 17.0 Å². The quantitative estimate of drug-likeness (QED) is 0.320. The first-order chi connectivity index (χ1) is 14.0. The number of nitrogens with zero attached hydrogens (tertiary/aromatic N) is 1. The van der Waals surface area contributed by atoms with Gasteiger partial charge in [0.25, 0.3) is 5.91 Å². The van der Waals surface area contributed by atoms with Crippen LogP contribution in [0.4, 0.5) is 0 Å². The van der Waals surface area contributed by atoms with Crippen LogP contribution in [0.3, 0.4) is 0 Å². The summed E-state index contributed by atoms with van der Waals surface area (Å²) in [5, 5.41) is 0.390. The molecular weight excluding hydrogens is 430 g/mol. The molecule has 0 radical (unpaired) electrons. The first kappa shape index (κ1) is 21.5. The van der Waals surface area contributed by atoms with Gasteiger partial charge in [-0.15, -0.1) is 0 Å². The van der Waals surface area contributed by atoms with Gasteiger partial charge in [0, 0.05) is 6.54 Å². The van der Waals surface area contributed by atoms with Crippen LogP contribution in [-0.4, -0.2) is 42.0 Å². The van der Waals surface area contributed by atoms with E-state index in [1.54, 1.807) is 30.2 Å². The highest BCUT2D eigenvalue weighted by atomic mass is 35.5. The Bertz CT molecular complexity index is 934. The normalized spacial score (nSPS) is 15.1. The highest BCUT2D eigenvalue weighted by Crippen LogP contribution is 2.39. The third-order valence-electron chi connectivity index (χ3n) is 4.08. The topological polar surface area (TPSA) is 48.0 Å². The molecule has 2 aromatic carbocycles. The predicted molar refractivity (Wildman–Crippen MR) is 121 cm³/mol. The van der Waals surface area contributed by atoms with Crippen molar-refractivity contribution in [2.24, 2.45) is 0 Å². The monoisotopic (exact) mass is 449 g/mol. The minimum absolute atomic E-state index is 0.101. The molecule has 3 rings (SSSR count). The summed E-state index contributed by atoms with van der Waals surface area (Å²) in [5.74, 6) is 1.59. The number of para-hydroxylation sites is 1. The lowest BCUT2D eigenvalue weighted by molar-refractivity contribution is -0.121. The van der Waals surface area contributed by atoms with Gasteiger partial charge in [-0.1, -0.05) is 53.8 Å². The van der Waals surface area contributed by atoms with E-state index in [4.69, 9.17) is 38.0 Å². The van der Waals surface area contributed by atoms with Crippen LogP contribution >= 0.6 is 35.6 Å². The number of carbonyl (C=O) groups excluding carboxylic acids is 1. The van der Waals surface area contributed by atoms with Crippen molar-refractivity contribution in [1.29, 1.82) is 0 Å². The van der Waals surface area contributed by atoms with E-state index in [-0.39, 0.29) is 5.91 Å². The highest BCUT2D eigenvalue weighted by molar-refractivity contribution is 8.26. The van der Waals surface area contributed by atoms with Gasteiger partial charge >= 0.3 is 0 Å². The molecule has 0 spiro atoms. The van der Waals surface area contributed by atoms with Crippen molar-refractivity contribution < 1.29 is 19.0 Å². The molecule has 1 fully saturated rings. The summed E-state index contributed by atoms with van der Waals surface area (Å²) in [7, 11) is 1.54. The van der Waals surface area contributed by atoms with Crippen LogP contribution in [0.5, 0.6) is 17.2 Å². The van der Waals surface area contributed by atoms with E-state index in [2.05, 4.69) is 0 Å². The summed E-state index contributed by atoms with van der Waals surface area (Å²) in [4.78, 5) is 14.5. The van der Waals surface area contributed by atoms with Crippen LogP contribution in [0.15, 0.2) is 47.4 Å². The number of ether oxygens (including phenoxy) is 3. The van der Waals surface area contributed by atoms with Crippen molar-refractivity contribution in [2.45, 2.75) is 6.92 Å². The molecule has 1 aliphatic heterocycles. The Morgan fingerprint density at radius 2 is 1.90 bits per heavy atom. The smallest absolute Gasteiger partial charge is 0.266 e. The number of benzene rings is 2. The second-order valence-electron chi connectivity index (χ2n) is 5.97. The second kappa shape index (κ2) is 10.0. The Hall–Kier alpha value is -2.22. The van der Waals surface area contributed by atoms with Gasteiger partial charge in [-0.25, -0.2) is 0 Å². The van der Waals surface area contributed by atoms with Gasteiger partial charge in [-0.2, -0.15) is 0 Å². The molecule has 1 saturated heterocycles. The highest BCUT2D eigenvalue weighted by Gasteiger charge is 2.30. The number of hydrogen-bond acceptors (Lipinski definition) is 6. The summed E-state index contributed by atoms with van der Waals surface area (Å²) in [6.07, 6.45) is 1.76. The number of hydrogen-bond donors (Lipinski definition) is 0. The molecule has 0 aromatic heterocycles. The van der Waals surface area contributed by atoms with Crippen molar-refractivity contribution >= 4 is 51.9 Å². The Kier molecular flexibility index (Phi) is 7.41. The van der Waals surface area contributed by atoms with Crippen molar-refractivity contribution in [3.05, 3.63) is 58.0 Å². The van der Waals surface area contributed by atoms with E-state index in [0.717, 1.165) is 11.3 Å². The van der Waals surface area contributed by atoms with Crippen LogP contribution in [0.1, 0.15) is 12.5 Å². The van der Waals surface area contributed by atoms with E-state index in [1.165, 1.54) is 11.8 Å². The Morgan fingerprint density at radius 3 is 2.55 bits per heavy atom. The van der Waals surface area contributed by atoms with Crippen LogP contribution < -0.4 is 14.2 Å². The fraction of sp³-hybridized carbons (Fsp3) is 0.238. The first-order valence-corrected chi connectivity index (χ1v) is 10.6. The van der Waals surface area contributed by atoms with Gasteiger partial charge in [0.15, 0.2) is 11.5 Å². The maximum Gasteiger partial charge on any atom is 0.266 e. The standard InChI is InChI=1S/C21H20ClNO4S2/c1-3-23-20(24)18(29-21(23)28)13-14-11-16(22)19(17(12-14)25-2)27-10-9-26-15-7-5-4-6-8-15/h4-8,11-13H,3,9-10H2,1-2H3/b18-13-. The van der Waals surface area contributed by atoms with E-state index in [0.29, 0.717) is 45.5 Å². The summed E-state index contributed by atoms with van der Waals surface area (Å²) >= 11 is 12.9. The third-order valence-corrected chi connectivity index (χ3v) is 5.74. The zero-order valence-corrected chi connectivity index (χ0v) is 18.4. The Morgan fingerprint density at radius 1 is 1.17 bits per heavy atom. The van der Waals surface area contributed by atoms with Crippen molar-refractivity contribution in [3.8, 4) is 17.2 Å². The number of amides is 1. The molecule has 29 heavy (non-hydrogen) atoms. The molecule has 152 valence electrons. The molecular formula is C21H20ClNO4S2.